The van der Waals surface area contributed by atoms with Crippen LogP contribution in [0.4, 0.5) is 0 Å². The molecule has 0 aliphatic heterocycles. The lowest BCUT2D eigenvalue weighted by Gasteiger charge is -2.12. The van der Waals surface area contributed by atoms with E-state index in [0.29, 0.717) is 5.92 Å². The standard InChI is InChI=1S/C12H19N5/c1-10(9-17-5-3-4-15-17)6-13-7-12-8-14-16-11(12)2/h3-5,8,10,13H,6-7,9H2,1-2H3,(H,14,16)/t10-/m0/s1. The molecule has 2 aromatic rings. The Labute approximate surface area is 101 Å². The first-order chi connectivity index (χ1) is 8.25. The van der Waals surface area contributed by atoms with E-state index in [2.05, 4.69) is 27.5 Å². The fourth-order valence-electron chi connectivity index (χ4n) is 1.80. The Morgan fingerprint density at radius 2 is 2.41 bits per heavy atom. The molecule has 0 aliphatic rings. The van der Waals surface area contributed by atoms with Crippen LogP contribution in [0.15, 0.2) is 24.7 Å². The summed E-state index contributed by atoms with van der Waals surface area (Å²) < 4.78 is 1.97. The molecule has 0 radical (unpaired) electrons. The smallest absolute Gasteiger partial charge is 0.0535 e. The van der Waals surface area contributed by atoms with Crippen LogP contribution < -0.4 is 5.32 Å². The molecule has 5 nitrogen and oxygen atoms in total. The average Bonchev–Trinajstić information content (AvgIpc) is 2.91. The van der Waals surface area contributed by atoms with Crippen molar-refractivity contribution in [3.63, 3.8) is 0 Å². The van der Waals surface area contributed by atoms with Crippen molar-refractivity contribution in [3.8, 4) is 0 Å². The number of hydrogen-bond acceptors (Lipinski definition) is 3. The van der Waals surface area contributed by atoms with E-state index >= 15 is 0 Å². The maximum absolute atomic E-state index is 4.20. The maximum atomic E-state index is 4.20. The minimum atomic E-state index is 0.558. The molecule has 0 bridgehead atoms. The Balaban J connectivity index is 1.70. The molecule has 0 saturated heterocycles. The van der Waals surface area contributed by atoms with Gasteiger partial charge < -0.3 is 5.32 Å². The van der Waals surface area contributed by atoms with Gasteiger partial charge in [0.05, 0.1) is 6.20 Å². The minimum absolute atomic E-state index is 0.558. The molecule has 1 atom stereocenters. The number of rotatable bonds is 6. The number of hydrogen-bond donors (Lipinski definition) is 2. The Hall–Kier alpha value is -1.62. The van der Waals surface area contributed by atoms with E-state index in [-0.39, 0.29) is 0 Å². The van der Waals surface area contributed by atoms with E-state index in [0.717, 1.165) is 25.3 Å². The number of nitrogens with one attached hydrogen (secondary N) is 2. The highest BCUT2D eigenvalue weighted by molar-refractivity contribution is 5.13. The molecule has 0 unspecified atom stereocenters. The second-order valence-electron chi connectivity index (χ2n) is 4.48. The minimum Gasteiger partial charge on any atom is -0.312 e. The third kappa shape index (κ3) is 3.42. The molecule has 0 spiro atoms. The van der Waals surface area contributed by atoms with Gasteiger partial charge in [-0.3, -0.25) is 9.78 Å². The number of aryl methyl sites for hydroxylation is 1. The van der Waals surface area contributed by atoms with Crippen LogP contribution in [0.25, 0.3) is 0 Å². The van der Waals surface area contributed by atoms with E-state index in [9.17, 15) is 0 Å². The second-order valence-corrected chi connectivity index (χ2v) is 4.48. The lowest BCUT2D eigenvalue weighted by Crippen LogP contribution is -2.24. The van der Waals surface area contributed by atoms with Crippen LogP contribution in [-0.2, 0) is 13.1 Å². The first-order valence-corrected chi connectivity index (χ1v) is 5.92. The summed E-state index contributed by atoms with van der Waals surface area (Å²) in [5.41, 5.74) is 2.37. The van der Waals surface area contributed by atoms with E-state index < -0.39 is 0 Å². The van der Waals surface area contributed by atoms with Gasteiger partial charge in [-0.25, -0.2) is 0 Å². The Bertz CT molecular complexity index is 431. The first kappa shape index (κ1) is 11.9. The van der Waals surface area contributed by atoms with E-state index in [1.807, 2.05) is 36.3 Å². The average molecular weight is 233 g/mol. The molecule has 0 saturated carbocycles. The number of aromatic amines is 1. The van der Waals surface area contributed by atoms with Gasteiger partial charge in [0.25, 0.3) is 0 Å². The zero-order chi connectivity index (χ0) is 12.1. The van der Waals surface area contributed by atoms with Gasteiger partial charge in [0.15, 0.2) is 0 Å². The summed E-state index contributed by atoms with van der Waals surface area (Å²) in [6.07, 6.45) is 5.69. The van der Waals surface area contributed by atoms with Crippen LogP contribution in [0.1, 0.15) is 18.2 Å². The van der Waals surface area contributed by atoms with Crippen LogP contribution in [-0.4, -0.2) is 26.5 Å². The van der Waals surface area contributed by atoms with Crippen molar-refractivity contribution in [3.05, 3.63) is 35.9 Å². The molecular formula is C12H19N5. The zero-order valence-electron chi connectivity index (χ0n) is 10.3. The number of H-pyrrole nitrogens is 1. The molecule has 2 aromatic heterocycles. The van der Waals surface area contributed by atoms with Crippen molar-refractivity contribution < 1.29 is 0 Å². The van der Waals surface area contributed by atoms with Gasteiger partial charge in [0.2, 0.25) is 0 Å². The van der Waals surface area contributed by atoms with Gasteiger partial charge in [0.1, 0.15) is 0 Å². The lowest BCUT2D eigenvalue weighted by atomic mass is 10.2. The quantitative estimate of drug-likeness (QED) is 0.791. The molecule has 0 aromatic carbocycles. The van der Waals surface area contributed by atoms with Crippen molar-refractivity contribution in [1.29, 1.82) is 0 Å². The Morgan fingerprint density at radius 3 is 3.06 bits per heavy atom. The number of nitrogens with zero attached hydrogens (tertiary/aromatic N) is 3. The molecule has 0 amide bonds. The summed E-state index contributed by atoms with van der Waals surface area (Å²) >= 11 is 0. The first-order valence-electron chi connectivity index (χ1n) is 5.92. The monoisotopic (exact) mass is 233 g/mol. The summed E-state index contributed by atoms with van der Waals surface area (Å²) in [5.74, 6) is 0.558. The fraction of sp³-hybridized carbons (Fsp3) is 0.500. The van der Waals surface area contributed by atoms with Gasteiger partial charge >= 0.3 is 0 Å². The lowest BCUT2D eigenvalue weighted by molar-refractivity contribution is 0.421. The molecule has 17 heavy (non-hydrogen) atoms. The normalized spacial score (nSPS) is 12.8. The molecule has 5 heteroatoms. The fourth-order valence-corrected chi connectivity index (χ4v) is 1.80. The predicted molar refractivity (Wildman–Crippen MR) is 66.4 cm³/mol. The van der Waals surface area contributed by atoms with E-state index in [4.69, 9.17) is 0 Å². The molecule has 2 N–H and O–H groups in total. The summed E-state index contributed by atoms with van der Waals surface area (Å²) in [5, 5.41) is 14.6. The van der Waals surface area contributed by atoms with Gasteiger partial charge in [-0.1, -0.05) is 6.92 Å². The summed E-state index contributed by atoms with van der Waals surface area (Å²) in [7, 11) is 0. The Kier molecular flexibility index (Phi) is 3.93. The summed E-state index contributed by atoms with van der Waals surface area (Å²) in [4.78, 5) is 0. The highest BCUT2D eigenvalue weighted by Crippen LogP contribution is 2.03. The van der Waals surface area contributed by atoms with Crippen LogP contribution in [0.3, 0.4) is 0 Å². The van der Waals surface area contributed by atoms with E-state index in [1.165, 1.54) is 5.56 Å². The molecule has 2 heterocycles. The topological polar surface area (TPSA) is 58.5 Å². The molecule has 0 fully saturated rings. The van der Waals surface area contributed by atoms with Crippen molar-refractivity contribution in [1.82, 2.24) is 25.3 Å². The van der Waals surface area contributed by atoms with Crippen molar-refractivity contribution in [2.45, 2.75) is 26.9 Å². The second kappa shape index (κ2) is 5.63. The summed E-state index contributed by atoms with van der Waals surface area (Å²) in [6, 6.07) is 1.95. The highest BCUT2D eigenvalue weighted by atomic mass is 15.3. The van der Waals surface area contributed by atoms with Crippen LogP contribution in [0.5, 0.6) is 0 Å². The largest absolute Gasteiger partial charge is 0.312 e. The van der Waals surface area contributed by atoms with Crippen molar-refractivity contribution >= 4 is 0 Å². The van der Waals surface area contributed by atoms with Crippen LogP contribution in [0, 0.1) is 12.8 Å². The third-order valence-electron chi connectivity index (χ3n) is 2.80. The molecular weight excluding hydrogens is 214 g/mol. The van der Waals surface area contributed by atoms with Gasteiger partial charge in [-0.05, 0) is 25.5 Å². The van der Waals surface area contributed by atoms with Crippen LogP contribution in [0.2, 0.25) is 0 Å². The highest BCUT2D eigenvalue weighted by Gasteiger charge is 2.04. The van der Waals surface area contributed by atoms with Gasteiger partial charge in [-0.15, -0.1) is 0 Å². The number of aromatic nitrogens is 4. The molecule has 92 valence electrons. The predicted octanol–water partition coefficient (Wildman–Crippen LogP) is 1.34. The third-order valence-corrected chi connectivity index (χ3v) is 2.80. The van der Waals surface area contributed by atoms with Crippen LogP contribution >= 0.6 is 0 Å². The molecule has 0 aliphatic carbocycles. The summed E-state index contributed by atoms with van der Waals surface area (Å²) in [6.45, 7) is 7.05. The SMILES string of the molecule is Cc1[nH]ncc1CNC[C@H](C)Cn1cccn1. The maximum Gasteiger partial charge on any atom is 0.0535 e. The zero-order valence-corrected chi connectivity index (χ0v) is 10.3. The van der Waals surface area contributed by atoms with Crippen molar-refractivity contribution in [2.75, 3.05) is 6.54 Å². The van der Waals surface area contributed by atoms with E-state index in [1.54, 1.807) is 0 Å². The van der Waals surface area contributed by atoms with Gasteiger partial charge in [0, 0.05) is 36.7 Å². The van der Waals surface area contributed by atoms with Crippen molar-refractivity contribution in [2.24, 2.45) is 5.92 Å². The molecule has 2 rings (SSSR count). The Morgan fingerprint density at radius 1 is 1.53 bits per heavy atom. The van der Waals surface area contributed by atoms with Gasteiger partial charge in [-0.2, -0.15) is 10.2 Å².